The molecule has 0 saturated heterocycles. The molecule has 14 heavy (non-hydrogen) atoms. The lowest BCUT2D eigenvalue weighted by Crippen LogP contribution is -2.32. The Kier molecular flexibility index (Phi) is 4.39. The molecule has 0 spiro atoms. The van der Waals surface area contributed by atoms with Crippen molar-refractivity contribution in [2.45, 2.75) is 58.5 Å². The van der Waals surface area contributed by atoms with E-state index in [1.54, 1.807) is 0 Å². The lowest BCUT2D eigenvalue weighted by molar-refractivity contribution is 0.277. The molecule has 0 amide bonds. The maximum atomic E-state index is 6.07. The van der Waals surface area contributed by atoms with Gasteiger partial charge in [0.25, 0.3) is 0 Å². The van der Waals surface area contributed by atoms with Crippen molar-refractivity contribution in [2.75, 3.05) is 0 Å². The predicted octanol–water partition coefficient (Wildman–Crippen LogP) is 2.12. The Bertz CT molecular complexity index is 166. The summed E-state index contributed by atoms with van der Waals surface area (Å²) in [7, 11) is 0. The van der Waals surface area contributed by atoms with Gasteiger partial charge in [0.2, 0.25) is 0 Å². The quantitative estimate of drug-likeness (QED) is 0.668. The van der Waals surface area contributed by atoms with Crippen molar-refractivity contribution in [3.05, 3.63) is 0 Å². The molecule has 0 aliphatic heterocycles. The van der Waals surface area contributed by atoms with Crippen LogP contribution in [0.3, 0.4) is 0 Å². The van der Waals surface area contributed by atoms with Gasteiger partial charge in [-0.2, -0.15) is 0 Å². The Hall–Kier alpha value is -0.0800. The minimum atomic E-state index is 0.306. The first-order valence-electron chi connectivity index (χ1n) is 6.01. The van der Waals surface area contributed by atoms with Crippen LogP contribution in [0.1, 0.15) is 46.5 Å². The van der Waals surface area contributed by atoms with Crippen LogP contribution < -0.4 is 11.5 Å². The third kappa shape index (κ3) is 3.25. The number of nitrogens with two attached hydrogens (primary N) is 2. The summed E-state index contributed by atoms with van der Waals surface area (Å²) in [5.74, 6) is 2.25. The monoisotopic (exact) mass is 198 g/mol. The molecule has 1 rings (SSSR count). The molecule has 1 saturated carbocycles. The standard InChI is InChI=1S/C12H26N2/c1-8(2)10-4-5-12(14)7-11(6-10)9(3)13/h8-12H,4-7,13-14H2,1-3H3. The van der Waals surface area contributed by atoms with E-state index in [9.17, 15) is 0 Å². The van der Waals surface area contributed by atoms with Gasteiger partial charge in [-0.1, -0.05) is 13.8 Å². The molecule has 0 heterocycles. The van der Waals surface area contributed by atoms with Crippen LogP contribution in [-0.2, 0) is 0 Å². The van der Waals surface area contributed by atoms with Gasteiger partial charge in [-0.05, 0) is 50.4 Å². The van der Waals surface area contributed by atoms with Crippen LogP contribution in [-0.4, -0.2) is 12.1 Å². The van der Waals surface area contributed by atoms with E-state index in [4.69, 9.17) is 11.5 Å². The molecule has 0 radical (unpaired) electrons. The van der Waals surface area contributed by atoms with Gasteiger partial charge in [0.15, 0.2) is 0 Å². The number of hydrogen-bond donors (Lipinski definition) is 2. The van der Waals surface area contributed by atoms with Gasteiger partial charge >= 0.3 is 0 Å². The summed E-state index contributed by atoms with van der Waals surface area (Å²) in [6.07, 6.45) is 4.89. The van der Waals surface area contributed by atoms with E-state index in [2.05, 4.69) is 20.8 Å². The summed E-state index contributed by atoms with van der Waals surface area (Å²) in [6, 6.07) is 0.690. The second-order valence-corrected chi connectivity index (χ2v) is 5.43. The van der Waals surface area contributed by atoms with Crippen LogP contribution in [0, 0.1) is 17.8 Å². The molecule has 1 aliphatic carbocycles. The van der Waals surface area contributed by atoms with Crippen LogP contribution >= 0.6 is 0 Å². The van der Waals surface area contributed by atoms with Crippen molar-refractivity contribution in [3.63, 3.8) is 0 Å². The Morgan fingerprint density at radius 1 is 1.00 bits per heavy atom. The van der Waals surface area contributed by atoms with Gasteiger partial charge in [0, 0.05) is 12.1 Å². The van der Waals surface area contributed by atoms with Crippen molar-refractivity contribution in [3.8, 4) is 0 Å². The Morgan fingerprint density at radius 2 is 1.64 bits per heavy atom. The minimum Gasteiger partial charge on any atom is -0.328 e. The topological polar surface area (TPSA) is 52.0 Å². The highest BCUT2D eigenvalue weighted by atomic mass is 14.7. The first-order chi connectivity index (χ1) is 6.50. The molecule has 4 N–H and O–H groups in total. The zero-order valence-corrected chi connectivity index (χ0v) is 9.87. The maximum absolute atomic E-state index is 6.07. The van der Waals surface area contributed by atoms with Crippen LogP contribution in [0.25, 0.3) is 0 Å². The van der Waals surface area contributed by atoms with Crippen molar-refractivity contribution in [2.24, 2.45) is 29.2 Å². The summed E-state index contributed by atoms with van der Waals surface area (Å²) in [5.41, 5.74) is 12.1. The third-order valence-corrected chi connectivity index (χ3v) is 3.81. The van der Waals surface area contributed by atoms with Crippen molar-refractivity contribution in [1.29, 1.82) is 0 Å². The van der Waals surface area contributed by atoms with Crippen molar-refractivity contribution >= 4 is 0 Å². The summed E-state index contributed by atoms with van der Waals surface area (Å²) < 4.78 is 0. The average Bonchev–Trinajstić information content (AvgIpc) is 2.26. The molecule has 4 unspecified atom stereocenters. The van der Waals surface area contributed by atoms with Gasteiger partial charge in [-0.25, -0.2) is 0 Å². The molecular weight excluding hydrogens is 172 g/mol. The first kappa shape index (κ1) is 12.0. The smallest absolute Gasteiger partial charge is 0.00421 e. The van der Waals surface area contributed by atoms with Gasteiger partial charge in [0.05, 0.1) is 0 Å². The van der Waals surface area contributed by atoms with E-state index in [0.29, 0.717) is 18.0 Å². The molecular formula is C12H26N2. The van der Waals surface area contributed by atoms with E-state index in [0.717, 1.165) is 18.3 Å². The zero-order valence-electron chi connectivity index (χ0n) is 9.87. The minimum absolute atomic E-state index is 0.306. The normalized spacial score (nSPS) is 36.9. The van der Waals surface area contributed by atoms with E-state index < -0.39 is 0 Å². The van der Waals surface area contributed by atoms with Gasteiger partial charge in [-0.15, -0.1) is 0 Å². The molecule has 1 aliphatic rings. The second-order valence-electron chi connectivity index (χ2n) is 5.43. The fourth-order valence-corrected chi connectivity index (χ4v) is 2.57. The highest BCUT2D eigenvalue weighted by Crippen LogP contribution is 2.32. The molecule has 0 aromatic heterocycles. The summed E-state index contributed by atoms with van der Waals surface area (Å²) >= 11 is 0. The number of hydrogen-bond acceptors (Lipinski definition) is 2. The van der Waals surface area contributed by atoms with Gasteiger partial charge in [-0.3, -0.25) is 0 Å². The largest absolute Gasteiger partial charge is 0.328 e. The average molecular weight is 198 g/mol. The summed E-state index contributed by atoms with van der Waals surface area (Å²) in [4.78, 5) is 0. The molecule has 4 atom stereocenters. The highest BCUT2D eigenvalue weighted by Gasteiger charge is 2.27. The molecule has 2 heteroatoms. The Balaban J connectivity index is 2.59. The molecule has 2 nitrogen and oxygen atoms in total. The van der Waals surface area contributed by atoms with Crippen LogP contribution in [0.5, 0.6) is 0 Å². The molecule has 1 fully saturated rings. The van der Waals surface area contributed by atoms with Crippen LogP contribution in [0.4, 0.5) is 0 Å². The molecule has 0 aromatic rings. The first-order valence-corrected chi connectivity index (χ1v) is 6.01. The van der Waals surface area contributed by atoms with E-state index in [1.807, 2.05) is 0 Å². The van der Waals surface area contributed by atoms with Gasteiger partial charge < -0.3 is 11.5 Å². The van der Waals surface area contributed by atoms with Crippen LogP contribution in [0.15, 0.2) is 0 Å². The lowest BCUT2D eigenvalue weighted by Gasteiger charge is -2.25. The summed E-state index contributed by atoms with van der Waals surface area (Å²) in [6.45, 7) is 6.76. The van der Waals surface area contributed by atoms with E-state index in [1.165, 1.54) is 19.3 Å². The van der Waals surface area contributed by atoms with E-state index in [-0.39, 0.29) is 0 Å². The predicted molar refractivity (Wildman–Crippen MR) is 61.9 cm³/mol. The van der Waals surface area contributed by atoms with Crippen LogP contribution in [0.2, 0.25) is 0 Å². The molecule has 0 bridgehead atoms. The molecule has 84 valence electrons. The maximum Gasteiger partial charge on any atom is 0.00421 e. The summed E-state index contributed by atoms with van der Waals surface area (Å²) in [5, 5.41) is 0. The molecule has 0 aromatic carbocycles. The fraction of sp³-hybridized carbons (Fsp3) is 1.00. The Morgan fingerprint density at radius 3 is 2.14 bits per heavy atom. The SMILES string of the molecule is CC(C)C1CCC(N)CC(C(C)N)C1. The second kappa shape index (κ2) is 5.13. The van der Waals surface area contributed by atoms with Crippen molar-refractivity contribution in [1.82, 2.24) is 0 Å². The Labute approximate surface area is 88.4 Å². The lowest BCUT2D eigenvalue weighted by atomic mass is 9.83. The van der Waals surface area contributed by atoms with Crippen molar-refractivity contribution < 1.29 is 0 Å². The highest BCUT2D eigenvalue weighted by molar-refractivity contribution is 4.82. The zero-order chi connectivity index (χ0) is 10.7. The fourth-order valence-electron chi connectivity index (χ4n) is 2.57. The van der Waals surface area contributed by atoms with Gasteiger partial charge in [0.1, 0.15) is 0 Å². The third-order valence-electron chi connectivity index (χ3n) is 3.81. The number of rotatable bonds is 2. The van der Waals surface area contributed by atoms with E-state index >= 15 is 0 Å².